The molecule has 1 aromatic heterocycles. The van der Waals surface area contributed by atoms with E-state index >= 15 is 0 Å². The number of anilines is 2. The zero-order chi connectivity index (χ0) is 16.4. The Morgan fingerprint density at radius 3 is 2.61 bits per heavy atom. The first-order valence-corrected chi connectivity index (χ1v) is 6.90. The average Bonchev–Trinajstić information content (AvgIpc) is 2.92. The summed E-state index contributed by atoms with van der Waals surface area (Å²) in [5, 5.41) is 7.58. The van der Waals surface area contributed by atoms with Crippen LogP contribution in [0.5, 0.6) is 11.5 Å². The van der Waals surface area contributed by atoms with Crippen molar-refractivity contribution in [2.45, 2.75) is 0 Å². The number of amides is 1. The standard InChI is InChI=1S/C16H16N4O3/c1-22-13-8-7-10(9-14(13)23-2)18-16(21)20-12-6-4-3-5-11(12)15(17)19-20/h3-9H,1-2H3,(H2,17,19)(H,18,21). The first kappa shape index (κ1) is 14.7. The highest BCUT2D eigenvalue weighted by atomic mass is 16.5. The number of methoxy groups -OCH3 is 2. The van der Waals surface area contributed by atoms with E-state index in [0.29, 0.717) is 28.5 Å². The minimum absolute atomic E-state index is 0.308. The van der Waals surface area contributed by atoms with E-state index in [1.807, 2.05) is 18.2 Å². The van der Waals surface area contributed by atoms with Crippen LogP contribution >= 0.6 is 0 Å². The Balaban J connectivity index is 1.92. The summed E-state index contributed by atoms with van der Waals surface area (Å²) >= 11 is 0. The van der Waals surface area contributed by atoms with E-state index in [1.165, 1.54) is 11.8 Å². The van der Waals surface area contributed by atoms with Gasteiger partial charge in [0.2, 0.25) is 0 Å². The molecule has 7 heteroatoms. The number of nitrogens with one attached hydrogen (secondary N) is 1. The Bertz CT molecular complexity index is 873. The lowest BCUT2D eigenvalue weighted by atomic mass is 10.2. The van der Waals surface area contributed by atoms with Gasteiger partial charge in [0.15, 0.2) is 17.3 Å². The van der Waals surface area contributed by atoms with Crippen molar-refractivity contribution in [3.63, 3.8) is 0 Å². The zero-order valence-electron chi connectivity index (χ0n) is 12.7. The molecule has 3 N–H and O–H groups in total. The molecule has 3 aromatic rings. The number of rotatable bonds is 3. The fraction of sp³-hybridized carbons (Fsp3) is 0.125. The summed E-state index contributed by atoms with van der Waals surface area (Å²) in [6, 6.07) is 12.0. The molecule has 0 spiro atoms. The van der Waals surface area contributed by atoms with Gasteiger partial charge in [-0.1, -0.05) is 12.1 Å². The fourth-order valence-corrected chi connectivity index (χ4v) is 2.34. The van der Waals surface area contributed by atoms with Crippen LogP contribution < -0.4 is 20.5 Å². The molecule has 0 atom stereocenters. The molecule has 0 aliphatic carbocycles. The van der Waals surface area contributed by atoms with Crippen LogP contribution in [0.4, 0.5) is 16.3 Å². The second kappa shape index (κ2) is 5.88. The number of hydrogen-bond acceptors (Lipinski definition) is 5. The van der Waals surface area contributed by atoms with E-state index in [-0.39, 0.29) is 0 Å². The van der Waals surface area contributed by atoms with Gasteiger partial charge in [0.25, 0.3) is 0 Å². The van der Waals surface area contributed by atoms with Gasteiger partial charge in [-0.05, 0) is 24.3 Å². The van der Waals surface area contributed by atoms with E-state index in [9.17, 15) is 4.79 Å². The molecule has 3 rings (SSSR count). The van der Waals surface area contributed by atoms with Crippen LogP contribution in [0.3, 0.4) is 0 Å². The number of carbonyl (C=O) groups is 1. The normalized spacial score (nSPS) is 10.5. The maximum absolute atomic E-state index is 12.5. The van der Waals surface area contributed by atoms with Gasteiger partial charge in [0, 0.05) is 17.1 Å². The number of nitrogens with zero attached hydrogens (tertiary/aromatic N) is 2. The highest BCUT2D eigenvalue weighted by Crippen LogP contribution is 2.30. The summed E-state index contributed by atoms with van der Waals surface area (Å²) in [6.45, 7) is 0. The lowest BCUT2D eigenvalue weighted by Gasteiger charge is -2.10. The topological polar surface area (TPSA) is 91.4 Å². The molecular weight excluding hydrogens is 296 g/mol. The molecule has 1 heterocycles. The third kappa shape index (κ3) is 2.64. The van der Waals surface area contributed by atoms with Crippen LogP contribution in [-0.2, 0) is 0 Å². The van der Waals surface area contributed by atoms with Gasteiger partial charge < -0.3 is 20.5 Å². The summed E-state index contributed by atoms with van der Waals surface area (Å²) in [7, 11) is 3.08. The van der Waals surface area contributed by atoms with Gasteiger partial charge in [-0.15, -0.1) is 5.10 Å². The molecule has 7 nitrogen and oxygen atoms in total. The van der Waals surface area contributed by atoms with E-state index < -0.39 is 6.03 Å². The van der Waals surface area contributed by atoms with E-state index in [4.69, 9.17) is 15.2 Å². The van der Waals surface area contributed by atoms with Crippen LogP contribution in [0.2, 0.25) is 0 Å². The van der Waals surface area contributed by atoms with Crippen molar-refractivity contribution in [3.8, 4) is 11.5 Å². The molecular formula is C16H16N4O3. The molecule has 118 valence electrons. The minimum Gasteiger partial charge on any atom is -0.493 e. The summed E-state index contributed by atoms with van der Waals surface area (Å²) < 4.78 is 11.6. The van der Waals surface area contributed by atoms with Crippen molar-refractivity contribution in [1.82, 2.24) is 9.78 Å². The number of carbonyl (C=O) groups excluding carboxylic acids is 1. The van der Waals surface area contributed by atoms with Gasteiger partial charge in [-0.2, -0.15) is 4.68 Å². The van der Waals surface area contributed by atoms with Crippen LogP contribution in [-0.4, -0.2) is 30.0 Å². The van der Waals surface area contributed by atoms with E-state index in [2.05, 4.69) is 10.4 Å². The second-order valence-electron chi connectivity index (χ2n) is 4.81. The van der Waals surface area contributed by atoms with Crippen molar-refractivity contribution in [2.75, 3.05) is 25.3 Å². The van der Waals surface area contributed by atoms with Crippen molar-refractivity contribution in [1.29, 1.82) is 0 Å². The van der Waals surface area contributed by atoms with Crippen LogP contribution in [0, 0.1) is 0 Å². The van der Waals surface area contributed by atoms with Crippen LogP contribution in [0.1, 0.15) is 0 Å². The van der Waals surface area contributed by atoms with Gasteiger partial charge in [-0.25, -0.2) is 4.79 Å². The second-order valence-corrected chi connectivity index (χ2v) is 4.81. The van der Waals surface area contributed by atoms with Crippen LogP contribution in [0.25, 0.3) is 10.9 Å². The SMILES string of the molecule is COc1ccc(NC(=O)n2nc(N)c3ccccc32)cc1OC. The molecule has 1 amide bonds. The number of nitrogens with two attached hydrogens (primary N) is 1. The molecule has 23 heavy (non-hydrogen) atoms. The molecule has 0 bridgehead atoms. The molecule has 0 saturated heterocycles. The number of aromatic nitrogens is 2. The Kier molecular flexibility index (Phi) is 3.76. The zero-order valence-corrected chi connectivity index (χ0v) is 12.7. The first-order chi connectivity index (χ1) is 11.1. The third-order valence-corrected chi connectivity index (χ3v) is 3.44. The average molecular weight is 312 g/mol. The monoisotopic (exact) mass is 312 g/mol. The van der Waals surface area contributed by atoms with Gasteiger partial charge in [0.1, 0.15) is 0 Å². The van der Waals surface area contributed by atoms with Crippen molar-refractivity contribution < 1.29 is 14.3 Å². The van der Waals surface area contributed by atoms with Gasteiger partial charge in [-0.3, -0.25) is 0 Å². The minimum atomic E-state index is -0.412. The summed E-state index contributed by atoms with van der Waals surface area (Å²) in [6.07, 6.45) is 0. The Morgan fingerprint density at radius 1 is 1.13 bits per heavy atom. The quantitative estimate of drug-likeness (QED) is 0.776. The molecule has 0 saturated carbocycles. The number of ether oxygens (including phenoxy) is 2. The molecule has 0 radical (unpaired) electrons. The molecule has 0 aliphatic heterocycles. The Labute approximate surface area is 132 Å². The molecule has 2 aromatic carbocycles. The number of fused-ring (bicyclic) bond motifs is 1. The number of nitrogen functional groups attached to an aromatic ring is 1. The van der Waals surface area contributed by atoms with Gasteiger partial charge >= 0.3 is 6.03 Å². The van der Waals surface area contributed by atoms with E-state index in [0.717, 1.165) is 5.39 Å². The molecule has 0 aliphatic rings. The number of benzene rings is 2. The summed E-state index contributed by atoms with van der Waals surface area (Å²) in [5.74, 6) is 1.41. The first-order valence-electron chi connectivity index (χ1n) is 6.90. The maximum atomic E-state index is 12.5. The lowest BCUT2D eigenvalue weighted by molar-refractivity contribution is 0.252. The number of hydrogen-bond donors (Lipinski definition) is 2. The molecule has 0 fully saturated rings. The Hall–Kier alpha value is -3.22. The molecule has 0 unspecified atom stereocenters. The van der Waals surface area contributed by atoms with Crippen molar-refractivity contribution in [3.05, 3.63) is 42.5 Å². The lowest BCUT2D eigenvalue weighted by Crippen LogP contribution is -2.20. The maximum Gasteiger partial charge on any atom is 0.347 e. The highest BCUT2D eigenvalue weighted by Gasteiger charge is 2.14. The predicted molar refractivity (Wildman–Crippen MR) is 88.1 cm³/mol. The predicted octanol–water partition coefficient (Wildman–Crippen LogP) is 2.72. The summed E-state index contributed by atoms with van der Waals surface area (Å²) in [5.41, 5.74) is 7.05. The van der Waals surface area contributed by atoms with Crippen molar-refractivity contribution >= 4 is 28.4 Å². The van der Waals surface area contributed by atoms with Crippen molar-refractivity contribution in [2.24, 2.45) is 0 Å². The Morgan fingerprint density at radius 2 is 1.87 bits per heavy atom. The largest absolute Gasteiger partial charge is 0.493 e. The smallest absolute Gasteiger partial charge is 0.347 e. The summed E-state index contributed by atoms with van der Waals surface area (Å²) in [4.78, 5) is 12.5. The number of para-hydroxylation sites is 1. The van der Waals surface area contributed by atoms with Crippen LogP contribution in [0.15, 0.2) is 42.5 Å². The third-order valence-electron chi connectivity index (χ3n) is 3.44. The van der Waals surface area contributed by atoms with Gasteiger partial charge in [0.05, 0.1) is 19.7 Å². The fourth-order valence-electron chi connectivity index (χ4n) is 2.34. The highest BCUT2D eigenvalue weighted by molar-refractivity contribution is 6.00. The van der Waals surface area contributed by atoms with E-state index in [1.54, 1.807) is 31.4 Å².